The Labute approximate surface area is 119 Å². The summed E-state index contributed by atoms with van der Waals surface area (Å²) in [6, 6.07) is 6.64. The lowest BCUT2D eigenvalue weighted by atomic mass is 10.1. The first-order valence-corrected chi connectivity index (χ1v) is 8.09. The summed E-state index contributed by atoms with van der Waals surface area (Å²) in [5.74, 6) is 0.434. The zero-order valence-corrected chi connectivity index (χ0v) is 12.2. The van der Waals surface area contributed by atoms with Crippen LogP contribution in [0.4, 0.5) is 0 Å². The van der Waals surface area contributed by atoms with Gasteiger partial charge < -0.3 is 4.74 Å². The largest absolute Gasteiger partial charge is 0.381 e. The van der Waals surface area contributed by atoms with E-state index in [2.05, 4.69) is 4.72 Å². The molecule has 0 amide bonds. The van der Waals surface area contributed by atoms with Crippen LogP contribution in [0.2, 0.25) is 0 Å². The molecule has 20 heavy (non-hydrogen) atoms. The Morgan fingerprint density at radius 2 is 2.30 bits per heavy atom. The van der Waals surface area contributed by atoms with Crippen molar-refractivity contribution in [3.63, 3.8) is 0 Å². The molecule has 2 rings (SSSR count). The minimum absolute atomic E-state index is 0.180. The normalized spacial score (nSPS) is 18.9. The second-order valence-corrected chi connectivity index (χ2v) is 6.74. The summed E-state index contributed by atoms with van der Waals surface area (Å²) in [7, 11) is -3.56. The highest BCUT2D eigenvalue weighted by Gasteiger charge is 2.19. The fourth-order valence-electron chi connectivity index (χ4n) is 2.25. The molecule has 1 aromatic rings. The average molecular weight is 294 g/mol. The van der Waals surface area contributed by atoms with Gasteiger partial charge in [0.1, 0.15) is 0 Å². The van der Waals surface area contributed by atoms with Crippen molar-refractivity contribution >= 4 is 10.0 Å². The quantitative estimate of drug-likeness (QED) is 0.894. The van der Waals surface area contributed by atoms with Gasteiger partial charge >= 0.3 is 0 Å². The van der Waals surface area contributed by atoms with E-state index < -0.39 is 10.0 Å². The lowest BCUT2D eigenvalue weighted by Crippen LogP contribution is -2.27. The highest BCUT2D eigenvalue weighted by atomic mass is 32.2. The van der Waals surface area contributed by atoms with Gasteiger partial charge in [0.25, 0.3) is 0 Å². The van der Waals surface area contributed by atoms with Crippen LogP contribution < -0.4 is 4.72 Å². The van der Waals surface area contributed by atoms with Crippen molar-refractivity contribution in [3.05, 3.63) is 29.3 Å². The maximum absolute atomic E-state index is 12.2. The molecule has 1 aliphatic heterocycles. The van der Waals surface area contributed by atoms with E-state index in [1.54, 1.807) is 19.1 Å². The van der Waals surface area contributed by atoms with Gasteiger partial charge in [-0.3, -0.25) is 0 Å². The van der Waals surface area contributed by atoms with E-state index in [4.69, 9.17) is 10.00 Å². The van der Waals surface area contributed by atoms with Crippen LogP contribution >= 0.6 is 0 Å². The third-order valence-corrected chi connectivity index (χ3v) is 5.08. The molecule has 1 heterocycles. The monoisotopic (exact) mass is 294 g/mol. The highest BCUT2D eigenvalue weighted by Crippen LogP contribution is 2.18. The van der Waals surface area contributed by atoms with Gasteiger partial charge in [0, 0.05) is 19.8 Å². The molecule has 5 nitrogen and oxygen atoms in total. The Morgan fingerprint density at radius 1 is 1.50 bits per heavy atom. The summed E-state index contributed by atoms with van der Waals surface area (Å²) in [5, 5.41) is 8.86. The van der Waals surface area contributed by atoms with Crippen LogP contribution in [0.3, 0.4) is 0 Å². The summed E-state index contributed by atoms with van der Waals surface area (Å²) in [5.41, 5.74) is 0.987. The lowest BCUT2D eigenvalue weighted by Gasteiger charge is -2.11. The van der Waals surface area contributed by atoms with Crippen molar-refractivity contribution in [2.45, 2.75) is 24.7 Å². The number of nitrogens with one attached hydrogen (secondary N) is 1. The van der Waals surface area contributed by atoms with E-state index in [1.165, 1.54) is 6.07 Å². The number of rotatable bonds is 5. The van der Waals surface area contributed by atoms with Gasteiger partial charge in [-0.25, -0.2) is 13.1 Å². The predicted octanol–water partition coefficient (Wildman–Crippen LogP) is 1.57. The van der Waals surface area contributed by atoms with Gasteiger partial charge in [0.05, 0.1) is 16.5 Å². The molecule has 1 aliphatic rings. The van der Waals surface area contributed by atoms with E-state index in [9.17, 15) is 8.42 Å². The van der Waals surface area contributed by atoms with Crippen LogP contribution in [-0.4, -0.2) is 28.2 Å². The summed E-state index contributed by atoms with van der Waals surface area (Å²) in [6.07, 6.45) is 1.76. The molecule has 1 fully saturated rings. The Kier molecular flexibility index (Phi) is 4.76. The molecule has 0 saturated carbocycles. The van der Waals surface area contributed by atoms with Gasteiger partial charge in [-0.2, -0.15) is 5.26 Å². The molecule has 0 aliphatic carbocycles. The van der Waals surface area contributed by atoms with Gasteiger partial charge in [-0.1, -0.05) is 6.07 Å². The summed E-state index contributed by atoms with van der Waals surface area (Å²) >= 11 is 0. The van der Waals surface area contributed by atoms with Gasteiger partial charge in [-0.15, -0.1) is 0 Å². The minimum Gasteiger partial charge on any atom is -0.381 e. The average Bonchev–Trinajstić information content (AvgIpc) is 2.92. The molecule has 0 radical (unpaired) electrons. The van der Waals surface area contributed by atoms with Crippen molar-refractivity contribution in [1.82, 2.24) is 4.72 Å². The number of nitriles is 1. The fraction of sp³-hybridized carbons (Fsp3) is 0.500. The van der Waals surface area contributed by atoms with Crippen molar-refractivity contribution in [2.24, 2.45) is 5.92 Å². The van der Waals surface area contributed by atoms with E-state index in [0.717, 1.165) is 19.4 Å². The maximum atomic E-state index is 12.2. The van der Waals surface area contributed by atoms with Crippen LogP contribution in [-0.2, 0) is 14.8 Å². The van der Waals surface area contributed by atoms with Crippen molar-refractivity contribution in [2.75, 3.05) is 19.8 Å². The third kappa shape index (κ3) is 3.57. The van der Waals surface area contributed by atoms with Crippen molar-refractivity contribution in [1.29, 1.82) is 5.26 Å². The summed E-state index contributed by atoms with van der Waals surface area (Å²) < 4.78 is 32.3. The summed E-state index contributed by atoms with van der Waals surface area (Å²) in [4.78, 5) is 0.180. The number of hydrogen-bond acceptors (Lipinski definition) is 4. The van der Waals surface area contributed by atoms with Gasteiger partial charge in [0.2, 0.25) is 10.0 Å². The Hall–Kier alpha value is -1.42. The van der Waals surface area contributed by atoms with Crippen LogP contribution in [0.1, 0.15) is 24.0 Å². The van der Waals surface area contributed by atoms with Gasteiger partial charge in [0.15, 0.2) is 0 Å². The fourth-order valence-corrected chi connectivity index (χ4v) is 3.56. The topological polar surface area (TPSA) is 79.2 Å². The first kappa shape index (κ1) is 15.0. The van der Waals surface area contributed by atoms with Gasteiger partial charge in [-0.05, 0) is 43.4 Å². The molecular formula is C14H18N2O3S. The third-order valence-electron chi connectivity index (χ3n) is 3.48. The number of sulfonamides is 1. The molecule has 1 unspecified atom stereocenters. The predicted molar refractivity (Wildman–Crippen MR) is 74.6 cm³/mol. The Bertz CT molecular complexity index is 614. The second kappa shape index (κ2) is 6.35. The van der Waals surface area contributed by atoms with Crippen LogP contribution in [0.5, 0.6) is 0 Å². The molecule has 1 atom stereocenters. The Morgan fingerprint density at radius 3 is 2.95 bits per heavy atom. The summed E-state index contributed by atoms with van der Waals surface area (Å²) in [6.45, 7) is 3.60. The number of nitrogens with zero attached hydrogens (tertiary/aromatic N) is 1. The lowest BCUT2D eigenvalue weighted by molar-refractivity contribution is 0.184. The molecule has 0 aromatic heterocycles. The van der Waals surface area contributed by atoms with E-state index in [1.807, 2.05) is 6.07 Å². The van der Waals surface area contributed by atoms with E-state index in [0.29, 0.717) is 30.2 Å². The highest BCUT2D eigenvalue weighted by molar-refractivity contribution is 7.89. The number of benzene rings is 1. The molecule has 0 bridgehead atoms. The van der Waals surface area contributed by atoms with Crippen molar-refractivity contribution in [3.8, 4) is 6.07 Å². The minimum atomic E-state index is -3.56. The maximum Gasteiger partial charge on any atom is 0.240 e. The number of hydrogen-bond donors (Lipinski definition) is 1. The molecule has 108 valence electrons. The molecule has 0 spiro atoms. The molecular weight excluding hydrogens is 276 g/mol. The van der Waals surface area contributed by atoms with Crippen LogP contribution in [0.25, 0.3) is 0 Å². The first-order valence-electron chi connectivity index (χ1n) is 6.61. The first-order chi connectivity index (χ1) is 9.53. The number of aryl methyl sites for hydroxylation is 1. The standard InChI is InChI=1S/C14H18N2O3S/c1-11-2-3-13(9-15)8-14(11)20(17,18)16-6-4-12-5-7-19-10-12/h2-3,8,12,16H,4-7,10H2,1H3. The molecule has 1 aromatic carbocycles. The number of ether oxygens (including phenoxy) is 1. The molecule has 1 N–H and O–H groups in total. The SMILES string of the molecule is Cc1ccc(C#N)cc1S(=O)(=O)NCCC1CCOC1. The van der Waals surface area contributed by atoms with E-state index >= 15 is 0 Å². The zero-order chi connectivity index (χ0) is 14.6. The molecule has 1 saturated heterocycles. The zero-order valence-electron chi connectivity index (χ0n) is 11.4. The van der Waals surface area contributed by atoms with Crippen LogP contribution in [0.15, 0.2) is 23.1 Å². The van der Waals surface area contributed by atoms with E-state index in [-0.39, 0.29) is 4.90 Å². The van der Waals surface area contributed by atoms with Crippen LogP contribution in [0, 0.1) is 24.2 Å². The Balaban J connectivity index is 2.04. The second-order valence-electron chi connectivity index (χ2n) is 5.01. The van der Waals surface area contributed by atoms with Crippen molar-refractivity contribution < 1.29 is 13.2 Å². The molecule has 6 heteroatoms. The smallest absolute Gasteiger partial charge is 0.240 e.